The smallest absolute Gasteiger partial charge is 0.244 e. The number of nitrogens with zero attached hydrogens (tertiary/aromatic N) is 1. The lowest BCUT2D eigenvalue weighted by atomic mass is 10.2. The topological polar surface area (TPSA) is 67.9 Å². The number of amides is 2. The lowest BCUT2D eigenvalue weighted by molar-refractivity contribution is -0.120. The van der Waals surface area contributed by atoms with Crippen LogP contribution in [0.4, 0.5) is 11.4 Å². The molecular weight excluding hydrogens is 356 g/mol. The van der Waals surface area contributed by atoms with Gasteiger partial charge in [-0.05, 0) is 36.8 Å². The summed E-state index contributed by atoms with van der Waals surface area (Å²) >= 11 is 5.98. The average Bonchev–Trinajstić information content (AvgIpc) is 2.62. The van der Waals surface area contributed by atoms with Crippen molar-refractivity contribution in [2.24, 2.45) is 0 Å². The van der Waals surface area contributed by atoms with E-state index >= 15 is 0 Å². The van der Waals surface area contributed by atoms with Crippen LogP contribution < -0.4 is 19.7 Å². The second-order valence-corrected chi connectivity index (χ2v) is 6.09. The second-order valence-electron chi connectivity index (χ2n) is 5.65. The number of nitrogens with one attached hydrogen (secondary N) is 1. The number of benzene rings is 2. The Kier molecular flexibility index (Phi) is 6.46. The average molecular weight is 377 g/mol. The van der Waals surface area contributed by atoms with Crippen LogP contribution in [0.15, 0.2) is 36.4 Å². The zero-order valence-corrected chi connectivity index (χ0v) is 15.9. The van der Waals surface area contributed by atoms with Crippen molar-refractivity contribution >= 4 is 34.8 Å². The van der Waals surface area contributed by atoms with Gasteiger partial charge >= 0.3 is 0 Å². The standard InChI is InChI=1S/C19H21ClN2O4/c1-12-5-6-14(20)9-16(12)21-19(24)11-22(13(2)23)17-8-7-15(25-3)10-18(17)26-4/h5-10H,11H2,1-4H3,(H,21,24). The first-order valence-corrected chi connectivity index (χ1v) is 8.29. The van der Waals surface area contributed by atoms with E-state index in [0.717, 1.165) is 5.56 Å². The van der Waals surface area contributed by atoms with Crippen LogP contribution >= 0.6 is 11.6 Å². The number of carbonyl (C=O) groups excluding carboxylic acids is 2. The molecule has 0 heterocycles. The molecular formula is C19H21ClN2O4. The molecule has 0 aliphatic rings. The van der Waals surface area contributed by atoms with E-state index in [1.54, 1.807) is 30.3 Å². The van der Waals surface area contributed by atoms with E-state index in [0.29, 0.717) is 27.9 Å². The number of ether oxygens (including phenoxy) is 2. The summed E-state index contributed by atoms with van der Waals surface area (Å²) in [4.78, 5) is 25.9. The molecule has 0 spiro atoms. The van der Waals surface area contributed by atoms with E-state index in [1.165, 1.54) is 26.0 Å². The number of rotatable bonds is 6. The number of carbonyl (C=O) groups is 2. The van der Waals surface area contributed by atoms with Crippen LogP contribution in [0.1, 0.15) is 12.5 Å². The van der Waals surface area contributed by atoms with E-state index < -0.39 is 0 Å². The van der Waals surface area contributed by atoms with Gasteiger partial charge in [-0.1, -0.05) is 17.7 Å². The first-order chi connectivity index (χ1) is 12.3. The number of halogens is 1. The van der Waals surface area contributed by atoms with Crippen molar-refractivity contribution in [3.63, 3.8) is 0 Å². The Morgan fingerprint density at radius 3 is 2.46 bits per heavy atom. The van der Waals surface area contributed by atoms with Gasteiger partial charge in [0.05, 0.1) is 19.9 Å². The summed E-state index contributed by atoms with van der Waals surface area (Å²) in [6.07, 6.45) is 0. The van der Waals surface area contributed by atoms with Crippen molar-refractivity contribution in [3.8, 4) is 11.5 Å². The number of aryl methyl sites for hydroxylation is 1. The van der Waals surface area contributed by atoms with Crippen molar-refractivity contribution < 1.29 is 19.1 Å². The summed E-state index contributed by atoms with van der Waals surface area (Å²) in [6.45, 7) is 3.09. The van der Waals surface area contributed by atoms with Gasteiger partial charge in [-0.25, -0.2) is 0 Å². The number of hydrogen-bond acceptors (Lipinski definition) is 4. The molecule has 0 aliphatic heterocycles. The summed E-state index contributed by atoms with van der Waals surface area (Å²) in [5.41, 5.74) is 1.96. The summed E-state index contributed by atoms with van der Waals surface area (Å²) in [5.74, 6) is 0.397. The molecule has 0 radical (unpaired) electrons. The third-order valence-electron chi connectivity index (χ3n) is 3.83. The number of methoxy groups -OCH3 is 2. The fourth-order valence-electron chi connectivity index (χ4n) is 2.44. The minimum Gasteiger partial charge on any atom is -0.497 e. The van der Waals surface area contributed by atoms with Gasteiger partial charge in [-0.2, -0.15) is 0 Å². The molecule has 2 aromatic rings. The molecule has 0 aliphatic carbocycles. The Morgan fingerprint density at radius 1 is 1.12 bits per heavy atom. The monoisotopic (exact) mass is 376 g/mol. The summed E-state index contributed by atoms with van der Waals surface area (Å²) in [7, 11) is 3.03. The number of hydrogen-bond donors (Lipinski definition) is 1. The van der Waals surface area contributed by atoms with Crippen LogP contribution in [0.3, 0.4) is 0 Å². The highest BCUT2D eigenvalue weighted by Gasteiger charge is 2.20. The van der Waals surface area contributed by atoms with E-state index in [2.05, 4.69) is 5.32 Å². The summed E-state index contributed by atoms with van der Waals surface area (Å²) < 4.78 is 10.5. The largest absolute Gasteiger partial charge is 0.497 e. The van der Waals surface area contributed by atoms with Crippen molar-refractivity contribution in [1.82, 2.24) is 0 Å². The Bertz CT molecular complexity index is 823. The molecule has 2 aromatic carbocycles. The van der Waals surface area contributed by atoms with Crippen LogP contribution in [0, 0.1) is 6.92 Å². The third-order valence-corrected chi connectivity index (χ3v) is 4.07. The molecule has 0 saturated heterocycles. The fraction of sp³-hybridized carbons (Fsp3) is 0.263. The SMILES string of the molecule is COc1ccc(N(CC(=O)Nc2cc(Cl)ccc2C)C(C)=O)c(OC)c1. The summed E-state index contributed by atoms with van der Waals surface area (Å²) in [5, 5.41) is 3.30. The van der Waals surface area contributed by atoms with Crippen molar-refractivity contribution in [3.05, 3.63) is 47.0 Å². The Labute approximate surface area is 157 Å². The van der Waals surface area contributed by atoms with Gasteiger partial charge in [0.25, 0.3) is 0 Å². The lowest BCUT2D eigenvalue weighted by Gasteiger charge is -2.23. The maximum Gasteiger partial charge on any atom is 0.244 e. The molecule has 0 fully saturated rings. The highest BCUT2D eigenvalue weighted by Crippen LogP contribution is 2.32. The van der Waals surface area contributed by atoms with Gasteiger partial charge in [-0.3, -0.25) is 14.5 Å². The molecule has 0 saturated carbocycles. The Morgan fingerprint density at radius 2 is 1.85 bits per heavy atom. The molecule has 26 heavy (non-hydrogen) atoms. The first-order valence-electron chi connectivity index (χ1n) is 7.92. The third kappa shape index (κ3) is 4.67. The van der Waals surface area contributed by atoms with Gasteiger partial charge in [0.15, 0.2) is 0 Å². The van der Waals surface area contributed by atoms with Crippen molar-refractivity contribution in [2.45, 2.75) is 13.8 Å². The molecule has 0 aromatic heterocycles. The maximum absolute atomic E-state index is 12.5. The van der Waals surface area contributed by atoms with E-state index in [4.69, 9.17) is 21.1 Å². The van der Waals surface area contributed by atoms with Crippen LogP contribution in [-0.2, 0) is 9.59 Å². The van der Waals surface area contributed by atoms with Crippen molar-refractivity contribution in [1.29, 1.82) is 0 Å². The van der Waals surface area contributed by atoms with E-state index in [9.17, 15) is 9.59 Å². The highest BCUT2D eigenvalue weighted by molar-refractivity contribution is 6.31. The van der Waals surface area contributed by atoms with E-state index in [-0.39, 0.29) is 18.4 Å². The molecule has 7 heteroatoms. The Balaban J connectivity index is 2.24. The minimum absolute atomic E-state index is 0.163. The van der Waals surface area contributed by atoms with Gasteiger partial charge in [0.1, 0.15) is 18.0 Å². The fourth-order valence-corrected chi connectivity index (χ4v) is 2.61. The second kappa shape index (κ2) is 8.58. The molecule has 138 valence electrons. The number of anilines is 2. The molecule has 1 N–H and O–H groups in total. The van der Waals surface area contributed by atoms with Crippen molar-refractivity contribution in [2.75, 3.05) is 31.0 Å². The van der Waals surface area contributed by atoms with Crippen LogP contribution in [-0.4, -0.2) is 32.6 Å². The van der Waals surface area contributed by atoms with Crippen LogP contribution in [0.5, 0.6) is 11.5 Å². The zero-order chi connectivity index (χ0) is 19.3. The molecule has 0 bridgehead atoms. The Hall–Kier alpha value is -2.73. The molecule has 6 nitrogen and oxygen atoms in total. The van der Waals surface area contributed by atoms with Gasteiger partial charge in [0.2, 0.25) is 11.8 Å². The van der Waals surface area contributed by atoms with Crippen LogP contribution in [0.2, 0.25) is 5.02 Å². The molecule has 2 amide bonds. The highest BCUT2D eigenvalue weighted by atomic mass is 35.5. The van der Waals surface area contributed by atoms with E-state index in [1.807, 2.05) is 13.0 Å². The lowest BCUT2D eigenvalue weighted by Crippen LogP contribution is -2.37. The van der Waals surface area contributed by atoms with Gasteiger partial charge < -0.3 is 14.8 Å². The zero-order valence-electron chi connectivity index (χ0n) is 15.1. The molecule has 0 atom stereocenters. The first kappa shape index (κ1) is 19.6. The predicted molar refractivity (Wildman–Crippen MR) is 102 cm³/mol. The van der Waals surface area contributed by atoms with Gasteiger partial charge in [0, 0.05) is 23.7 Å². The maximum atomic E-state index is 12.5. The normalized spacial score (nSPS) is 10.2. The quantitative estimate of drug-likeness (QED) is 0.835. The molecule has 2 rings (SSSR count). The van der Waals surface area contributed by atoms with Crippen LogP contribution in [0.25, 0.3) is 0 Å². The van der Waals surface area contributed by atoms with Gasteiger partial charge in [-0.15, -0.1) is 0 Å². The predicted octanol–water partition coefficient (Wildman–Crippen LogP) is 3.66. The minimum atomic E-state index is -0.344. The summed E-state index contributed by atoms with van der Waals surface area (Å²) in [6, 6.07) is 10.3. The molecule has 0 unspecified atom stereocenters.